The molecule has 0 bridgehead atoms. The van der Waals surface area contributed by atoms with Crippen molar-refractivity contribution in [3.63, 3.8) is 0 Å². The fourth-order valence-corrected chi connectivity index (χ4v) is 4.96. The van der Waals surface area contributed by atoms with E-state index >= 15 is 0 Å². The highest BCUT2D eigenvalue weighted by atomic mass is 16.5. The van der Waals surface area contributed by atoms with Gasteiger partial charge in [0.05, 0.1) is 6.61 Å². The lowest BCUT2D eigenvalue weighted by atomic mass is 9.91. The third-order valence-electron chi connectivity index (χ3n) is 6.59. The number of ether oxygens (including phenoxy) is 2. The van der Waals surface area contributed by atoms with Crippen LogP contribution in [0.3, 0.4) is 0 Å². The SMILES string of the molecule is CC1CCCN(C(=O)COCCNC(=O)OCC2c3ccccc3-c3ccccc32)C1C(=O)O. The van der Waals surface area contributed by atoms with E-state index < -0.39 is 18.1 Å². The average molecular weight is 467 g/mol. The van der Waals surface area contributed by atoms with E-state index in [1.807, 2.05) is 31.2 Å². The van der Waals surface area contributed by atoms with Gasteiger partial charge in [-0.15, -0.1) is 0 Å². The Bertz CT molecular complexity index is 1010. The van der Waals surface area contributed by atoms with E-state index in [4.69, 9.17) is 9.47 Å². The molecule has 0 saturated carbocycles. The van der Waals surface area contributed by atoms with E-state index in [1.54, 1.807) is 0 Å². The van der Waals surface area contributed by atoms with E-state index in [1.165, 1.54) is 16.0 Å². The van der Waals surface area contributed by atoms with Crippen molar-refractivity contribution in [3.8, 4) is 11.1 Å². The number of likely N-dealkylation sites (tertiary alicyclic amines) is 1. The molecule has 180 valence electrons. The second-order valence-corrected chi connectivity index (χ2v) is 8.79. The van der Waals surface area contributed by atoms with Crippen molar-refractivity contribution in [2.45, 2.75) is 31.7 Å². The Morgan fingerprint density at radius 3 is 2.35 bits per heavy atom. The monoisotopic (exact) mass is 466 g/mol. The number of carboxylic acid groups (broad SMARTS) is 1. The summed E-state index contributed by atoms with van der Waals surface area (Å²) in [7, 11) is 0. The smallest absolute Gasteiger partial charge is 0.407 e. The molecule has 34 heavy (non-hydrogen) atoms. The quantitative estimate of drug-likeness (QED) is 0.579. The van der Waals surface area contributed by atoms with Crippen molar-refractivity contribution < 1.29 is 29.0 Å². The minimum absolute atomic E-state index is 0.0128. The minimum Gasteiger partial charge on any atom is -0.480 e. The van der Waals surface area contributed by atoms with Crippen molar-refractivity contribution in [2.75, 3.05) is 32.9 Å². The first-order valence-electron chi connectivity index (χ1n) is 11.7. The van der Waals surface area contributed by atoms with Crippen LogP contribution in [-0.2, 0) is 19.1 Å². The Labute approximate surface area is 198 Å². The molecule has 1 aliphatic carbocycles. The number of hydrogen-bond acceptors (Lipinski definition) is 5. The standard InChI is InChI=1S/C26H30N2O6/c1-17-7-6-13-28(24(17)25(30)31)23(29)16-33-14-12-27-26(32)34-15-22-20-10-4-2-8-18(20)19-9-3-5-11-21(19)22/h2-5,8-11,17,22,24H,6-7,12-16H2,1H3,(H,27,32)(H,30,31). The second-order valence-electron chi connectivity index (χ2n) is 8.79. The lowest BCUT2D eigenvalue weighted by Gasteiger charge is -2.37. The molecule has 2 aromatic rings. The second kappa shape index (κ2) is 10.7. The molecule has 1 aliphatic heterocycles. The topological polar surface area (TPSA) is 105 Å². The molecule has 1 saturated heterocycles. The number of fused-ring (bicyclic) bond motifs is 3. The molecule has 2 N–H and O–H groups in total. The number of carboxylic acids is 1. The molecule has 2 atom stereocenters. The van der Waals surface area contributed by atoms with Crippen LogP contribution >= 0.6 is 0 Å². The molecule has 8 heteroatoms. The van der Waals surface area contributed by atoms with Gasteiger partial charge in [0.1, 0.15) is 19.3 Å². The lowest BCUT2D eigenvalue weighted by Crippen LogP contribution is -2.53. The van der Waals surface area contributed by atoms with Gasteiger partial charge in [-0.2, -0.15) is 0 Å². The summed E-state index contributed by atoms with van der Waals surface area (Å²) >= 11 is 0. The minimum atomic E-state index is -0.988. The van der Waals surface area contributed by atoms with E-state index in [0.29, 0.717) is 6.54 Å². The Morgan fingerprint density at radius 2 is 1.71 bits per heavy atom. The largest absolute Gasteiger partial charge is 0.480 e. The summed E-state index contributed by atoms with van der Waals surface area (Å²) in [4.78, 5) is 37.5. The van der Waals surface area contributed by atoms with Crippen LogP contribution in [0.5, 0.6) is 0 Å². The van der Waals surface area contributed by atoms with Gasteiger partial charge in [0.2, 0.25) is 5.91 Å². The zero-order chi connectivity index (χ0) is 24.1. The summed E-state index contributed by atoms with van der Waals surface area (Å²) in [6.07, 6.45) is 1.01. The van der Waals surface area contributed by atoms with Crippen molar-refractivity contribution in [2.24, 2.45) is 5.92 Å². The van der Waals surface area contributed by atoms with Crippen LogP contribution in [0.4, 0.5) is 4.79 Å². The lowest BCUT2D eigenvalue weighted by molar-refractivity contribution is -0.156. The molecular weight excluding hydrogens is 436 g/mol. The molecule has 4 rings (SSSR count). The molecule has 2 unspecified atom stereocenters. The maximum Gasteiger partial charge on any atom is 0.407 e. The van der Waals surface area contributed by atoms with E-state index in [2.05, 4.69) is 29.6 Å². The number of amides is 2. The zero-order valence-electron chi connectivity index (χ0n) is 19.2. The number of carbonyl (C=O) groups is 3. The van der Waals surface area contributed by atoms with Gasteiger partial charge in [-0.1, -0.05) is 55.5 Å². The molecule has 2 aliphatic rings. The Balaban J connectivity index is 1.19. The average Bonchev–Trinajstić information content (AvgIpc) is 3.15. The fourth-order valence-electron chi connectivity index (χ4n) is 4.96. The number of hydrogen-bond donors (Lipinski definition) is 2. The molecule has 2 aromatic carbocycles. The van der Waals surface area contributed by atoms with Crippen LogP contribution in [0.1, 0.15) is 36.8 Å². The first-order chi connectivity index (χ1) is 16.5. The van der Waals surface area contributed by atoms with E-state index in [-0.39, 0.29) is 44.1 Å². The van der Waals surface area contributed by atoms with Crippen LogP contribution in [0.2, 0.25) is 0 Å². The number of piperidine rings is 1. The summed E-state index contributed by atoms with van der Waals surface area (Å²) in [5, 5.41) is 12.1. The molecule has 1 fully saturated rings. The molecule has 8 nitrogen and oxygen atoms in total. The summed E-state index contributed by atoms with van der Waals surface area (Å²) in [6.45, 7) is 2.57. The summed E-state index contributed by atoms with van der Waals surface area (Å²) in [6, 6.07) is 15.4. The van der Waals surface area contributed by atoms with Crippen LogP contribution in [0.15, 0.2) is 48.5 Å². The summed E-state index contributed by atoms with van der Waals surface area (Å²) in [5.41, 5.74) is 4.62. The molecule has 1 heterocycles. The van der Waals surface area contributed by atoms with Crippen LogP contribution in [0.25, 0.3) is 11.1 Å². The number of aliphatic carboxylic acids is 1. The van der Waals surface area contributed by atoms with Crippen LogP contribution in [-0.4, -0.2) is 66.9 Å². The van der Waals surface area contributed by atoms with Crippen molar-refractivity contribution in [3.05, 3.63) is 59.7 Å². The summed E-state index contributed by atoms with van der Waals surface area (Å²) < 4.78 is 10.8. The van der Waals surface area contributed by atoms with Gasteiger partial charge in [0.15, 0.2) is 0 Å². The number of nitrogens with one attached hydrogen (secondary N) is 1. The fraction of sp³-hybridized carbons (Fsp3) is 0.423. The first-order valence-corrected chi connectivity index (χ1v) is 11.7. The van der Waals surface area contributed by atoms with Gasteiger partial charge < -0.3 is 24.8 Å². The van der Waals surface area contributed by atoms with Gasteiger partial charge in [-0.05, 0) is 41.0 Å². The van der Waals surface area contributed by atoms with Crippen molar-refractivity contribution in [1.29, 1.82) is 0 Å². The summed E-state index contributed by atoms with van der Waals surface area (Å²) in [5.74, 6) is -1.44. The Hall–Kier alpha value is -3.39. The Kier molecular flexibility index (Phi) is 7.47. The molecule has 0 aromatic heterocycles. The van der Waals surface area contributed by atoms with Gasteiger partial charge in [0, 0.05) is 19.0 Å². The third-order valence-corrected chi connectivity index (χ3v) is 6.59. The van der Waals surface area contributed by atoms with Crippen LogP contribution < -0.4 is 5.32 Å². The molecular formula is C26H30N2O6. The molecule has 0 radical (unpaired) electrons. The number of nitrogens with zero attached hydrogens (tertiary/aromatic N) is 1. The number of alkyl carbamates (subject to hydrolysis) is 1. The maximum atomic E-state index is 12.4. The highest BCUT2D eigenvalue weighted by Crippen LogP contribution is 2.44. The van der Waals surface area contributed by atoms with Crippen LogP contribution in [0, 0.1) is 5.92 Å². The van der Waals surface area contributed by atoms with Gasteiger partial charge in [0.25, 0.3) is 0 Å². The van der Waals surface area contributed by atoms with Gasteiger partial charge in [-0.25, -0.2) is 9.59 Å². The molecule has 2 amide bonds. The predicted molar refractivity (Wildman–Crippen MR) is 125 cm³/mol. The van der Waals surface area contributed by atoms with Crippen molar-refractivity contribution >= 4 is 18.0 Å². The third kappa shape index (κ3) is 5.07. The number of benzene rings is 2. The highest BCUT2D eigenvalue weighted by molar-refractivity contribution is 5.85. The van der Waals surface area contributed by atoms with Gasteiger partial charge >= 0.3 is 12.1 Å². The highest BCUT2D eigenvalue weighted by Gasteiger charge is 2.36. The normalized spacial score (nSPS) is 19.3. The van der Waals surface area contributed by atoms with Gasteiger partial charge in [-0.3, -0.25) is 4.79 Å². The molecule has 0 spiro atoms. The number of rotatable bonds is 8. The maximum absolute atomic E-state index is 12.4. The number of carbonyl (C=O) groups excluding carboxylic acids is 2. The first kappa shape index (κ1) is 23.8. The van der Waals surface area contributed by atoms with E-state index in [0.717, 1.165) is 24.0 Å². The Morgan fingerprint density at radius 1 is 1.06 bits per heavy atom. The van der Waals surface area contributed by atoms with Crippen molar-refractivity contribution in [1.82, 2.24) is 10.2 Å². The zero-order valence-corrected chi connectivity index (χ0v) is 19.2. The predicted octanol–water partition coefficient (Wildman–Crippen LogP) is 3.25. The van der Waals surface area contributed by atoms with E-state index in [9.17, 15) is 19.5 Å².